The van der Waals surface area contributed by atoms with E-state index in [0.717, 1.165) is 40.8 Å². The molecule has 11 nitrogen and oxygen atoms in total. The summed E-state index contributed by atoms with van der Waals surface area (Å²) in [4.78, 5) is 53.8. The zero-order valence-electron chi connectivity index (χ0n) is 29.5. The molecule has 1 saturated heterocycles. The summed E-state index contributed by atoms with van der Waals surface area (Å²) in [5, 5.41) is 4.82. The van der Waals surface area contributed by atoms with Crippen LogP contribution in [0.1, 0.15) is 70.7 Å². The maximum atomic E-state index is 12.6. The van der Waals surface area contributed by atoms with E-state index >= 15 is 0 Å². The van der Waals surface area contributed by atoms with Crippen molar-refractivity contribution in [2.45, 2.75) is 71.6 Å². The molecule has 1 saturated carbocycles. The number of aromatic nitrogens is 3. The standard InChI is InChI=1S/C23H24O4S.C13H22N4O3S/c1-23(2)19(12-17-8-9-28-22(17)25)20(23)21(24)27-14-16-11-18(26-13-16)10-15-6-4-3-5-7-15;1-7-20-9(18)8-21-11-14-10(13(2,3)4)15-17(11)12(19)16(5)6/h3-7,11-13,19-20H,8-10,14H2,1-2H3;7-8H2,1-6H3/b17-12+;/t19-,20-;/m1./s1. The Labute approximate surface area is 296 Å². The number of hydrogen-bond donors (Lipinski definition) is 0. The molecule has 0 bridgehead atoms. The second kappa shape index (κ2) is 16.2. The van der Waals surface area contributed by atoms with Gasteiger partial charge in [-0.05, 0) is 36.3 Å². The summed E-state index contributed by atoms with van der Waals surface area (Å²) in [5.41, 5.74) is 2.45. The Morgan fingerprint density at radius 2 is 1.86 bits per heavy atom. The molecule has 0 N–H and O–H groups in total. The van der Waals surface area contributed by atoms with Crippen molar-refractivity contribution in [3.05, 3.63) is 77.0 Å². The Morgan fingerprint density at radius 3 is 2.47 bits per heavy atom. The number of hydrogen-bond acceptors (Lipinski definition) is 11. The molecule has 0 spiro atoms. The van der Waals surface area contributed by atoms with Crippen molar-refractivity contribution in [3.8, 4) is 0 Å². The van der Waals surface area contributed by atoms with Crippen molar-refractivity contribution < 1.29 is 33.1 Å². The summed E-state index contributed by atoms with van der Waals surface area (Å²) in [7, 11) is 3.28. The first-order valence-electron chi connectivity index (χ1n) is 16.2. The molecule has 2 fully saturated rings. The van der Waals surface area contributed by atoms with Crippen molar-refractivity contribution in [3.63, 3.8) is 0 Å². The third-order valence-corrected chi connectivity index (χ3v) is 9.99. The number of furan rings is 1. The number of ether oxygens (including phenoxy) is 2. The van der Waals surface area contributed by atoms with Crippen LogP contribution in [0.2, 0.25) is 0 Å². The maximum Gasteiger partial charge on any atom is 0.346 e. The van der Waals surface area contributed by atoms with E-state index in [9.17, 15) is 19.2 Å². The fourth-order valence-corrected chi connectivity index (χ4v) is 6.83. The van der Waals surface area contributed by atoms with E-state index in [1.165, 1.54) is 26.9 Å². The van der Waals surface area contributed by atoms with Crippen molar-refractivity contribution in [2.24, 2.45) is 17.3 Å². The Hall–Kier alpha value is -3.84. The Morgan fingerprint density at radius 1 is 1.14 bits per heavy atom. The summed E-state index contributed by atoms with van der Waals surface area (Å²) in [6.07, 6.45) is 5.17. The van der Waals surface area contributed by atoms with Gasteiger partial charge in [-0.25, -0.2) is 9.78 Å². The third kappa shape index (κ3) is 10.1. The van der Waals surface area contributed by atoms with E-state index < -0.39 is 0 Å². The van der Waals surface area contributed by atoms with Crippen LogP contribution in [0.15, 0.2) is 63.9 Å². The minimum absolute atomic E-state index is 0.0793. The van der Waals surface area contributed by atoms with Gasteiger partial charge in [0.25, 0.3) is 0 Å². The minimum atomic E-state index is -0.341. The Bertz CT molecular complexity index is 1670. The number of rotatable bonds is 10. The number of nitrogens with zero attached hydrogens (tertiary/aromatic N) is 4. The van der Waals surface area contributed by atoms with Gasteiger partial charge in [-0.1, -0.05) is 94.6 Å². The second-order valence-electron chi connectivity index (χ2n) is 13.7. The summed E-state index contributed by atoms with van der Waals surface area (Å²) in [6, 6.07) is 11.7. The summed E-state index contributed by atoms with van der Waals surface area (Å²) in [6.45, 7) is 12.3. The first-order chi connectivity index (χ1) is 23.1. The van der Waals surface area contributed by atoms with E-state index in [0.29, 0.717) is 24.0 Å². The van der Waals surface area contributed by atoms with Crippen LogP contribution >= 0.6 is 23.5 Å². The first-order valence-corrected chi connectivity index (χ1v) is 18.2. The molecule has 3 heterocycles. The van der Waals surface area contributed by atoms with Crippen molar-refractivity contribution in [1.29, 1.82) is 0 Å². The SMILES string of the molecule is CC1(C)[C@H](/C=C2\CCSC2=O)[C@@H]1C(=O)OCc1coc(Cc2ccccc2)c1.CCOC(=O)CSc1nc(C(C)(C)C)nn1C(=O)N(C)C. The highest BCUT2D eigenvalue weighted by Crippen LogP contribution is 2.60. The second-order valence-corrected chi connectivity index (χ2v) is 15.8. The molecule has 13 heteroatoms. The zero-order chi connectivity index (χ0) is 35.9. The van der Waals surface area contributed by atoms with Crippen LogP contribution in [-0.2, 0) is 42.3 Å². The van der Waals surface area contributed by atoms with Gasteiger partial charge in [0, 0.05) is 42.8 Å². The number of benzene rings is 1. The maximum absolute atomic E-state index is 12.6. The van der Waals surface area contributed by atoms with Crippen molar-refractivity contribution in [1.82, 2.24) is 19.7 Å². The van der Waals surface area contributed by atoms with E-state index in [-0.39, 0.29) is 58.1 Å². The molecule has 2 aliphatic rings. The van der Waals surface area contributed by atoms with Crippen LogP contribution in [0.5, 0.6) is 0 Å². The van der Waals surface area contributed by atoms with E-state index in [1.54, 1.807) is 27.3 Å². The lowest BCUT2D eigenvalue weighted by atomic mass is 9.96. The van der Waals surface area contributed by atoms with Crippen LogP contribution in [0.4, 0.5) is 4.79 Å². The normalized spacial score (nSPS) is 18.9. The number of carbonyl (C=O) groups excluding carboxylic acids is 4. The van der Waals surface area contributed by atoms with Gasteiger partial charge >= 0.3 is 18.0 Å². The number of thioether (sulfide) groups is 2. The number of carbonyl (C=O) groups is 4. The molecule has 0 radical (unpaired) electrons. The monoisotopic (exact) mass is 710 g/mol. The van der Waals surface area contributed by atoms with Crippen LogP contribution in [0, 0.1) is 17.3 Å². The fourth-order valence-electron chi connectivity index (χ4n) is 5.24. The number of allylic oxidation sites excluding steroid dienone is 1. The van der Waals surface area contributed by atoms with Gasteiger partial charge in [0.15, 0.2) is 11.0 Å². The molecule has 3 aromatic rings. The molecule has 0 unspecified atom stereocenters. The van der Waals surface area contributed by atoms with Gasteiger partial charge < -0.3 is 18.8 Å². The van der Waals surface area contributed by atoms with Crippen molar-refractivity contribution >= 4 is 46.6 Å². The third-order valence-electron chi connectivity index (χ3n) is 8.16. The molecule has 1 aliphatic carbocycles. The zero-order valence-corrected chi connectivity index (χ0v) is 31.1. The molecule has 49 heavy (non-hydrogen) atoms. The molecule has 5 rings (SSSR count). The summed E-state index contributed by atoms with van der Waals surface area (Å²) >= 11 is 2.51. The topological polar surface area (TPSA) is 134 Å². The summed E-state index contributed by atoms with van der Waals surface area (Å²) < 4.78 is 17.3. The minimum Gasteiger partial charge on any atom is -0.469 e. The average Bonchev–Trinajstić information content (AvgIpc) is 3.56. The van der Waals surface area contributed by atoms with E-state index in [4.69, 9.17) is 13.9 Å². The van der Waals surface area contributed by atoms with Crippen LogP contribution in [-0.4, -0.2) is 75.0 Å². The Kier molecular flexibility index (Phi) is 12.6. The molecule has 1 aromatic carbocycles. The molecule has 2 aromatic heterocycles. The lowest BCUT2D eigenvalue weighted by molar-refractivity contribution is -0.147. The van der Waals surface area contributed by atoms with E-state index in [2.05, 4.69) is 36.1 Å². The molecule has 2 atom stereocenters. The van der Waals surface area contributed by atoms with Gasteiger partial charge in [-0.15, -0.1) is 5.10 Å². The Balaban J connectivity index is 0.000000232. The predicted octanol–water partition coefficient (Wildman–Crippen LogP) is 6.54. The van der Waals surface area contributed by atoms with Gasteiger partial charge in [0.05, 0.1) is 24.5 Å². The smallest absolute Gasteiger partial charge is 0.346 e. The van der Waals surface area contributed by atoms with Crippen molar-refractivity contribution in [2.75, 3.05) is 32.2 Å². The highest BCUT2D eigenvalue weighted by Gasteiger charge is 2.61. The number of amides is 1. The van der Waals surface area contributed by atoms with Crippen LogP contribution in [0.25, 0.3) is 0 Å². The highest BCUT2D eigenvalue weighted by molar-refractivity contribution is 8.14. The fraction of sp³-hybridized carbons (Fsp3) is 0.500. The average molecular weight is 711 g/mol. The van der Waals surface area contributed by atoms with Gasteiger partial charge in [-0.3, -0.25) is 14.4 Å². The lowest BCUT2D eigenvalue weighted by Crippen LogP contribution is -2.29. The molecular formula is C36H46N4O7S2. The van der Waals surface area contributed by atoms with E-state index in [1.807, 2.05) is 51.1 Å². The predicted molar refractivity (Wildman–Crippen MR) is 189 cm³/mol. The lowest BCUT2D eigenvalue weighted by Gasteiger charge is -2.13. The molecular weight excluding hydrogens is 665 g/mol. The molecule has 1 aliphatic heterocycles. The van der Waals surface area contributed by atoms with Gasteiger partial charge in [0.2, 0.25) is 5.12 Å². The number of esters is 2. The summed E-state index contributed by atoms with van der Waals surface area (Å²) in [5.74, 6) is 1.70. The first kappa shape index (κ1) is 38.0. The largest absolute Gasteiger partial charge is 0.469 e. The highest BCUT2D eigenvalue weighted by atomic mass is 32.2. The molecule has 1 amide bonds. The van der Waals surface area contributed by atoms with Gasteiger partial charge in [0.1, 0.15) is 12.4 Å². The molecule has 264 valence electrons. The quantitative estimate of drug-likeness (QED) is 0.129. The van der Waals surface area contributed by atoms with Crippen LogP contribution < -0.4 is 0 Å². The van der Waals surface area contributed by atoms with Crippen LogP contribution in [0.3, 0.4) is 0 Å². The van der Waals surface area contributed by atoms with Gasteiger partial charge in [-0.2, -0.15) is 4.68 Å².